The van der Waals surface area contributed by atoms with Crippen molar-refractivity contribution in [3.63, 3.8) is 0 Å². The maximum Gasteiger partial charge on any atom is 0.185 e. The van der Waals surface area contributed by atoms with Crippen LogP contribution < -0.4 is 4.90 Å². The summed E-state index contributed by atoms with van der Waals surface area (Å²) in [6.45, 7) is 0. The molecule has 0 radical (unpaired) electrons. The quantitative estimate of drug-likeness (QED) is 0.251. The third kappa shape index (κ3) is 2.87. The number of Topliss-reactive ketones (excluding diaryl/α,β-unsaturated/α-hetero) is 3. The number of para-hydroxylation sites is 1. The summed E-state index contributed by atoms with van der Waals surface area (Å²) < 4.78 is 13.8. The van der Waals surface area contributed by atoms with Crippen LogP contribution in [0.4, 0.5) is 10.1 Å². The molecule has 1 fully saturated rings. The van der Waals surface area contributed by atoms with Crippen LogP contribution in [0.2, 0.25) is 0 Å². The number of nitrogens with zero attached hydrogens (tertiary/aromatic N) is 1. The topological polar surface area (TPSA) is 54.5 Å². The van der Waals surface area contributed by atoms with Gasteiger partial charge in [0.2, 0.25) is 0 Å². The summed E-state index contributed by atoms with van der Waals surface area (Å²) in [5.74, 6) is -2.00. The highest BCUT2D eigenvalue weighted by Crippen LogP contribution is 2.60. The molecule has 0 N–H and O–H groups in total. The number of rotatable bonds is 3. The Bertz CT molecular complexity index is 1620. The van der Waals surface area contributed by atoms with Crippen LogP contribution in [-0.4, -0.2) is 29.4 Å². The molecule has 0 amide bonds. The van der Waals surface area contributed by atoms with Crippen molar-refractivity contribution in [1.29, 1.82) is 0 Å². The zero-order valence-electron chi connectivity index (χ0n) is 20.3. The maximum absolute atomic E-state index is 14.5. The van der Waals surface area contributed by atoms with E-state index < -0.39 is 29.2 Å². The Morgan fingerprint density at radius 2 is 1.34 bits per heavy atom. The van der Waals surface area contributed by atoms with Crippen molar-refractivity contribution in [2.75, 3.05) is 4.90 Å². The van der Waals surface area contributed by atoms with E-state index in [2.05, 4.69) is 0 Å². The maximum atomic E-state index is 14.5. The fourth-order valence-corrected chi connectivity index (χ4v) is 6.74. The molecule has 0 aromatic heterocycles. The number of hydrogen-bond donors (Lipinski definition) is 0. The van der Waals surface area contributed by atoms with Gasteiger partial charge in [0.25, 0.3) is 0 Å². The Morgan fingerprint density at radius 1 is 0.737 bits per heavy atom. The molecule has 3 aliphatic rings. The van der Waals surface area contributed by atoms with Crippen molar-refractivity contribution in [2.24, 2.45) is 5.41 Å². The van der Waals surface area contributed by atoms with Gasteiger partial charge >= 0.3 is 0 Å². The predicted octanol–water partition coefficient (Wildman–Crippen LogP) is 6.14. The molecule has 4 aromatic rings. The molecule has 4 aromatic carbocycles. The zero-order chi connectivity index (χ0) is 26.0. The van der Waals surface area contributed by atoms with Gasteiger partial charge in [0.05, 0.1) is 6.04 Å². The van der Waals surface area contributed by atoms with E-state index in [0.717, 1.165) is 16.8 Å². The van der Waals surface area contributed by atoms with Crippen LogP contribution >= 0.6 is 0 Å². The van der Waals surface area contributed by atoms with Gasteiger partial charge in [-0.05, 0) is 41.5 Å². The van der Waals surface area contributed by atoms with E-state index in [4.69, 9.17) is 0 Å². The summed E-state index contributed by atoms with van der Waals surface area (Å²) in [6, 6.07) is 27.9. The molecule has 5 heteroatoms. The van der Waals surface area contributed by atoms with E-state index >= 15 is 0 Å². The first kappa shape index (κ1) is 22.5. The molecular formula is C33H22FNO3. The SMILES string of the molecule is O=C(c1ccc(F)cc1)[C@@H]1[C@@H](c2ccccc2)C2(C(=O)c3ccccc3C2=O)[C@@H]2C=Cc3ccccc3N12. The van der Waals surface area contributed by atoms with Crippen molar-refractivity contribution >= 4 is 29.1 Å². The van der Waals surface area contributed by atoms with E-state index in [1.165, 1.54) is 24.3 Å². The molecule has 2 aliphatic heterocycles. The molecule has 7 rings (SSSR count). The number of hydrogen-bond acceptors (Lipinski definition) is 4. The van der Waals surface area contributed by atoms with Gasteiger partial charge in [-0.1, -0.05) is 84.9 Å². The molecule has 38 heavy (non-hydrogen) atoms. The van der Waals surface area contributed by atoms with Crippen molar-refractivity contribution in [2.45, 2.75) is 18.0 Å². The monoisotopic (exact) mass is 499 g/mol. The van der Waals surface area contributed by atoms with Crippen LogP contribution in [-0.2, 0) is 0 Å². The van der Waals surface area contributed by atoms with Gasteiger partial charge in [0.1, 0.15) is 17.3 Å². The van der Waals surface area contributed by atoms with Crippen LogP contribution in [0.3, 0.4) is 0 Å². The number of carbonyl (C=O) groups is 3. The molecule has 1 saturated heterocycles. The normalized spacial score (nSPS) is 22.3. The summed E-state index contributed by atoms with van der Waals surface area (Å²) in [7, 11) is 0. The van der Waals surface area contributed by atoms with Crippen LogP contribution in [0.25, 0.3) is 6.08 Å². The first-order valence-electron chi connectivity index (χ1n) is 12.6. The average Bonchev–Trinajstić information content (AvgIpc) is 3.40. The van der Waals surface area contributed by atoms with E-state index in [1.807, 2.05) is 71.6 Å². The number of ketones is 3. The smallest absolute Gasteiger partial charge is 0.185 e. The highest BCUT2D eigenvalue weighted by Gasteiger charge is 2.71. The summed E-state index contributed by atoms with van der Waals surface area (Å²) >= 11 is 0. The second-order valence-corrected chi connectivity index (χ2v) is 10.0. The highest BCUT2D eigenvalue weighted by atomic mass is 19.1. The van der Waals surface area contributed by atoms with Gasteiger partial charge in [-0.15, -0.1) is 0 Å². The van der Waals surface area contributed by atoms with Crippen LogP contribution in [0.15, 0.2) is 109 Å². The van der Waals surface area contributed by atoms with Crippen molar-refractivity contribution in [3.8, 4) is 0 Å². The van der Waals surface area contributed by atoms with Gasteiger partial charge in [0, 0.05) is 28.3 Å². The Morgan fingerprint density at radius 3 is 2.03 bits per heavy atom. The molecule has 2 heterocycles. The minimum Gasteiger partial charge on any atom is -0.352 e. The number of anilines is 1. The largest absolute Gasteiger partial charge is 0.352 e. The summed E-state index contributed by atoms with van der Waals surface area (Å²) in [4.78, 5) is 45.4. The van der Waals surface area contributed by atoms with Gasteiger partial charge in [0.15, 0.2) is 17.3 Å². The highest BCUT2D eigenvalue weighted by molar-refractivity contribution is 6.32. The zero-order valence-corrected chi connectivity index (χ0v) is 20.3. The summed E-state index contributed by atoms with van der Waals surface area (Å²) in [5.41, 5.74) is 2.00. The second-order valence-electron chi connectivity index (χ2n) is 10.0. The Hall–Kier alpha value is -4.64. The Labute approximate surface area is 219 Å². The van der Waals surface area contributed by atoms with Crippen LogP contribution in [0.5, 0.6) is 0 Å². The number of benzene rings is 4. The lowest BCUT2D eigenvalue weighted by Gasteiger charge is -2.37. The minimum atomic E-state index is -1.53. The lowest BCUT2D eigenvalue weighted by molar-refractivity contribution is 0.0666. The predicted molar refractivity (Wildman–Crippen MR) is 143 cm³/mol. The van der Waals surface area contributed by atoms with Gasteiger partial charge in [-0.25, -0.2) is 4.39 Å². The summed E-state index contributed by atoms with van der Waals surface area (Å²) in [5, 5.41) is 0. The van der Waals surface area contributed by atoms with Crippen molar-refractivity contribution in [3.05, 3.63) is 143 Å². The fourth-order valence-electron chi connectivity index (χ4n) is 6.74. The molecule has 1 aliphatic carbocycles. The Balaban J connectivity index is 1.54. The second kappa shape index (κ2) is 8.18. The first-order valence-corrected chi connectivity index (χ1v) is 12.6. The van der Waals surface area contributed by atoms with Gasteiger partial charge in [-0.3, -0.25) is 14.4 Å². The fraction of sp³-hybridized carbons (Fsp3) is 0.121. The molecule has 0 unspecified atom stereocenters. The van der Waals surface area contributed by atoms with Crippen molar-refractivity contribution < 1.29 is 18.8 Å². The third-order valence-electron chi connectivity index (χ3n) is 8.27. The molecule has 184 valence electrons. The Kier molecular flexibility index (Phi) is 4.86. The van der Waals surface area contributed by atoms with E-state index in [1.54, 1.807) is 24.3 Å². The molecule has 4 nitrogen and oxygen atoms in total. The average molecular weight is 500 g/mol. The molecule has 0 bridgehead atoms. The number of halogens is 1. The molecular weight excluding hydrogens is 477 g/mol. The van der Waals surface area contributed by atoms with Gasteiger partial charge in [-0.2, -0.15) is 0 Å². The molecule has 1 spiro atoms. The van der Waals surface area contributed by atoms with E-state index in [9.17, 15) is 18.8 Å². The standard InChI is InChI=1S/C33H22FNO3/c34-23-17-14-22(15-18-23)30(36)29-28(21-9-2-1-3-10-21)33(31(37)24-11-5-6-12-25(24)32(33)38)27-19-16-20-8-4-7-13-26(20)35(27)29/h1-19,27-29H/t27-,28+,29-/m0/s1. The van der Waals surface area contributed by atoms with Crippen LogP contribution in [0.1, 0.15) is 48.1 Å². The number of carbonyl (C=O) groups excluding carboxylic acids is 3. The van der Waals surface area contributed by atoms with E-state index in [-0.39, 0.29) is 17.3 Å². The summed E-state index contributed by atoms with van der Waals surface area (Å²) in [6.07, 6.45) is 3.84. The van der Waals surface area contributed by atoms with Crippen LogP contribution in [0, 0.1) is 11.2 Å². The lowest BCUT2D eigenvalue weighted by Crippen LogP contribution is -2.48. The first-order chi connectivity index (χ1) is 18.5. The number of fused-ring (bicyclic) bond motifs is 5. The molecule has 0 saturated carbocycles. The molecule has 3 atom stereocenters. The van der Waals surface area contributed by atoms with Gasteiger partial charge < -0.3 is 4.90 Å². The van der Waals surface area contributed by atoms with E-state index in [0.29, 0.717) is 16.7 Å². The third-order valence-corrected chi connectivity index (χ3v) is 8.27. The van der Waals surface area contributed by atoms with Crippen molar-refractivity contribution in [1.82, 2.24) is 0 Å². The minimum absolute atomic E-state index is 0.262. The lowest BCUT2D eigenvalue weighted by atomic mass is 9.64.